The van der Waals surface area contributed by atoms with E-state index in [1.165, 1.54) is 30.5 Å². The summed E-state index contributed by atoms with van der Waals surface area (Å²) in [5, 5.41) is 0.887. The molecule has 2 N–H and O–H groups in total. The first-order chi connectivity index (χ1) is 15.7. The number of rotatable bonds is 4. The molecular weight excluding hydrogens is 442 g/mol. The van der Waals surface area contributed by atoms with Crippen molar-refractivity contribution in [1.29, 1.82) is 0 Å². The highest BCUT2D eigenvalue weighted by Crippen LogP contribution is 2.26. The fourth-order valence-corrected chi connectivity index (χ4v) is 4.10. The van der Waals surface area contributed by atoms with Gasteiger partial charge in [0.2, 0.25) is 0 Å². The smallest absolute Gasteiger partial charge is 0.354 e. The maximum Gasteiger partial charge on any atom is 0.354 e. The second-order valence-corrected chi connectivity index (χ2v) is 9.19. The molecule has 2 aromatic carbocycles. The lowest BCUT2D eigenvalue weighted by molar-refractivity contribution is -0.120. The molecule has 0 atom stereocenters. The Labute approximate surface area is 191 Å². The lowest BCUT2D eigenvalue weighted by Crippen LogP contribution is -2.52. The maximum atomic E-state index is 13.0. The van der Waals surface area contributed by atoms with E-state index in [0.29, 0.717) is 17.0 Å². The van der Waals surface area contributed by atoms with E-state index in [2.05, 4.69) is 5.43 Å². The summed E-state index contributed by atoms with van der Waals surface area (Å²) >= 11 is 0. The normalized spacial score (nSPS) is 15.2. The van der Waals surface area contributed by atoms with Gasteiger partial charge >= 0.3 is 6.03 Å². The Bertz CT molecular complexity index is 1350. The quantitative estimate of drug-likeness (QED) is 0.573. The molecule has 0 spiro atoms. The summed E-state index contributed by atoms with van der Waals surface area (Å²) < 4.78 is 32.8. The van der Waals surface area contributed by atoms with Crippen LogP contribution in [0.15, 0.2) is 87.9 Å². The highest BCUT2D eigenvalue weighted by atomic mass is 32.2. The summed E-state index contributed by atoms with van der Waals surface area (Å²) in [6.07, 6.45) is 4.51. The fourth-order valence-electron chi connectivity index (χ4n) is 3.17. The van der Waals surface area contributed by atoms with Gasteiger partial charge in [-0.3, -0.25) is 10.2 Å². The molecule has 3 amide bonds. The average Bonchev–Trinajstić information content (AvgIpc) is 3.29. The van der Waals surface area contributed by atoms with Gasteiger partial charge < -0.3 is 4.42 Å². The maximum absolute atomic E-state index is 13.0. The zero-order chi connectivity index (χ0) is 23.6. The largest absolute Gasteiger partial charge is 0.465 e. The predicted octanol–water partition coefficient (Wildman–Crippen LogP) is 3.77. The number of nitrogens with zero attached hydrogens (tertiary/aromatic N) is 1. The van der Waals surface area contributed by atoms with Gasteiger partial charge in [0.25, 0.3) is 15.9 Å². The lowest BCUT2D eigenvalue weighted by Gasteiger charge is -2.30. The van der Waals surface area contributed by atoms with E-state index in [0.717, 1.165) is 16.1 Å². The molecule has 0 saturated carbocycles. The van der Waals surface area contributed by atoms with Crippen LogP contribution in [0, 0.1) is 13.8 Å². The van der Waals surface area contributed by atoms with Crippen molar-refractivity contribution in [2.24, 2.45) is 0 Å². The first kappa shape index (κ1) is 22.1. The second kappa shape index (κ2) is 8.79. The first-order valence-corrected chi connectivity index (χ1v) is 11.5. The molecule has 4 rings (SSSR count). The summed E-state index contributed by atoms with van der Waals surface area (Å²) in [4.78, 5) is 25.7. The molecule has 8 nitrogen and oxygen atoms in total. The molecule has 9 heteroatoms. The SMILES string of the molecule is Cc1ccc(C2=C/C(=C/c3ccco3)C(=O)NN2C(=O)NS(=O)(=O)c2ccc(C)cc2)cc1. The Kier molecular flexibility index (Phi) is 5.89. The minimum absolute atomic E-state index is 0.0657. The van der Waals surface area contributed by atoms with Gasteiger partial charge in [-0.1, -0.05) is 47.5 Å². The Balaban J connectivity index is 1.71. The van der Waals surface area contributed by atoms with Gasteiger partial charge in [0, 0.05) is 11.1 Å². The number of aryl methyl sites for hydroxylation is 2. The van der Waals surface area contributed by atoms with Crippen molar-refractivity contribution in [1.82, 2.24) is 15.2 Å². The average molecular weight is 464 g/mol. The van der Waals surface area contributed by atoms with E-state index in [1.807, 2.05) is 30.7 Å². The number of hydrogen-bond donors (Lipinski definition) is 2. The number of carbonyl (C=O) groups is 2. The second-order valence-electron chi connectivity index (χ2n) is 7.51. The van der Waals surface area contributed by atoms with Crippen molar-refractivity contribution in [2.45, 2.75) is 18.7 Å². The number of hydrogen-bond acceptors (Lipinski definition) is 5. The number of carbonyl (C=O) groups excluding carboxylic acids is 2. The van der Waals surface area contributed by atoms with Crippen LogP contribution in [0.4, 0.5) is 4.79 Å². The van der Waals surface area contributed by atoms with E-state index < -0.39 is 22.0 Å². The van der Waals surface area contributed by atoms with Crippen LogP contribution >= 0.6 is 0 Å². The molecule has 0 aliphatic carbocycles. The molecule has 0 fully saturated rings. The summed E-state index contributed by atoms with van der Waals surface area (Å²) in [6.45, 7) is 3.74. The molecule has 0 unspecified atom stereocenters. The van der Waals surface area contributed by atoms with Crippen LogP contribution < -0.4 is 10.1 Å². The molecule has 3 aromatic rings. The Hall–Kier alpha value is -4.11. The van der Waals surface area contributed by atoms with Gasteiger partial charge in [0.1, 0.15) is 5.76 Å². The van der Waals surface area contributed by atoms with Crippen molar-refractivity contribution < 1.29 is 22.4 Å². The number of nitrogens with one attached hydrogen (secondary N) is 2. The lowest BCUT2D eigenvalue weighted by atomic mass is 10.0. The highest BCUT2D eigenvalue weighted by molar-refractivity contribution is 7.90. The van der Waals surface area contributed by atoms with Crippen LogP contribution in [0.25, 0.3) is 11.8 Å². The van der Waals surface area contributed by atoms with Gasteiger partial charge in [-0.2, -0.15) is 0 Å². The van der Waals surface area contributed by atoms with E-state index in [-0.39, 0.29) is 10.5 Å². The molecule has 33 heavy (non-hydrogen) atoms. The van der Waals surface area contributed by atoms with Crippen LogP contribution in [0.2, 0.25) is 0 Å². The van der Waals surface area contributed by atoms with Crippen molar-refractivity contribution in [3.63, 3.8) is 0 Å². The van der Waals surface area contributed by atoms with Crippen molar-refractivity contribution >= 4 is 33.7 Å². The molecule has 1 aliphatic heterocycles. The molecule has 0 saturated heterocycles. The van der Waals surface area contributed by atoms with Crippen molar-refractivity contribution in [3.8, 4) is 0 Å². The number of urea groups is 1. The van der Waals surface area contributed by atoms with Gasteiger partial charge in [0.05, 0.1) is 16.9 Å². The number of amides is 3. The van der Waals surface area contributed by atoms with Gasteiger partial charge in [-0.25, -0.2) is 22.9 Å². The third-order valence-electron chi connectivity index (χ3n) is 4.95. The first-order valence-electron chi connectivity index (χ1n) is 10.0. The minimum Gasteiger partial charge on any atom is -0.465 e. The van der Waals surface area contributed by atoms with Crippen LogP contribution in [0.1, 0.15) is 22.5 Å². The fraction of sp³-hybridized carbons (Fsp3) is 0.0833. The number of hydrazine groups is 1. The minimum atomic E-state index is -4.16. The van der Waals surface area contributed by atoms with Crippen LogP contribution in [0.5, 0.6) is 0 Å². The predicted molar refractivity (Wildman–Crippen MR) is 123 cm³/mol. The molecule has 0 bridgehead atoms. The Morgan fingerprint density at radius 1 is 1.00 bits per heavy atom. The van der Waals surface area contributed by atoms with Gasteiger partial charge in [-0.05, 0) is 50.3 Å². The molecular formula is C24H21N3O5S. The van der Waals surface area contributed by atoms with Crippen LogP contribution in [-0.2, 0) is 14.8 Å². The number of sulfonamides is 1. The standard InChI is InChI=1S/C24H21N3O5S/c1-16-5-9-18(10-6-16)22-15-19(14-20-4-3-13-32-20)23(28)25-27(22)24(29)26-33(30,31)21-11-7-17(2)8-12-21/h3-15H,1-2H3,(H,25,28)(H,26,29)/b19-14-. The zero-order valence-corrected chi connectivity index (χ0v) is 18.7. The third kappa shape index (κ3) is 4.88. The topological polar surface area (TPSA) is 109 Å². The van der Waals surface area contributed by atoms with E-state index >= 15 is 0 Å². The third-order valence-corrected chi connectivity index (χ3v) is 6.29. The van der Waals surface area contributed by atoms with Crippen molar-refractivity contribution in [2.75, 3.05) is 0 Å². The van der Waals surface area contributed by atoms with E-state index in [4.69, 9.17) is 4.42 Å². The molecule has 168 valence electrons. The van der Waals surface area contributed by atoms with Crippen LogP contribution in [-0.4, -0.2) is 25.4 Å². The van der Waals surface area contributed by atoms with Gasteiger partial charge in [-0.15, -0.1) is 0 Å². The monoisotopic (exact) mass is 463 g/mol. The number of benzene rings is 2. The van der Waals surface area contributed by atoms with Crippen molar-refractivity contribution in [3.05, 3.63) is 101 Å². The summed E-state index contributed by atoms with van der Waals surface area (Å²) in [6, 6.07) is 15.7. The van der Waals surface area contributed by atoms with Crippen LogP contribution in [0.3, 0.4) is 0 Å². The zero-order valence-electron chi connectivity index (χ0n) is 17.9. The highest BCUT2D eigenvalue weighted by Gasteiger charge is 2.31. The molecule has 1 aliphatic rings. The Morgan fingerprint density at radius 2 is 1.64 bits per heavy atom. The van der Waals surface area contributed by atoms with E-state index in [9.17, 15) is 18.0 Å². The van der Waals surface area contributed by atoms with E-state index in [1.54, 1.807) is 36.4 Å². The number of furan rings is 1. The molecule has 2 heterocycles. The molecule has 0 radical (unpaired) electrons. The molecule has 1 aromatic heterocycles. The summed E-state index contributed by atoms with van der Waals surface area (Å²) in [7, 11) is -4.16. The Morgan fingerprint density at radius 3 is 2.24 bits per heavy atom. The summed E-state index contributed by atoms with van der Waals surface area (Å²) in [5.74, 6) is -0.135. The van der Waals surface area contributed by atoms with Gasteiger partial charge in [0.15, 0.2) is 0 Å². The summed E-state index contributed by atoms with van der Waals surface area (Å²) in [5.41, 5.74) is 5.49.